The van der Waals surface area contributed by atoms with E-state index in [1.54, 1.807) is 25.1 Å². The Morgan fingerprint density at radius 2 is 1.81 bits per heavy atom. The normalized spacial score (nSPS) is 11.5. The first-order valence-corrected chi connectivity index (χ1v) is 10.1. The molecule has 26 heavy (non-hydrogen) atoms. The lowest BCUT2D eigenvalue weighted by Gasteiger charge is -2.12. The van der Waals surface area contributed by atoms with Crippen LogP contribution in [0.4, 0.5) is 5.69 Å². The Hall–Kier alpha value is -2.73. The number of rotatable bonds is 5. The largest absolute Gasteiger partial charge is 0.320 e. The number of hydrogen-bond acceptors (Lipinski definition) is 4. The molecule has 1 amide bonds. The van der Waals surface area contributed by atoms with E-state index in [4.69, 9.17) is 0 Å². The number of benzene rings is 2. The highest BCUT2D eigenvalue weighted by Gasteiger charge is 2.21. The summed E-state index contributed by atoms with van der Waals surface area (Å²) in [6.07, 6.45) is 0.491. The van der Waals surface area contributed by atoms with E-state index in [0.717, 1.165) is 11.1 Å². The second-order valence-corrected chi connectivity index (χ2v) is 8.18. The molecule has 0 saturated carbocycles. The number of nitrogens with zero attached hydrogens (tertiary/aromatic N) is 1. The number of carbonyl (C=O) groups is 1. The summed E-state index contributed by atoms with van der Waals surface area (Å²) in [5, 5.41) is 3.72. The Morgan fingerprint density at radius 3 is 2.58 bits per heavy atom. The minimum atomic E-state index is -3.50. The van der Waals surface area contributed by atoms with Crippen LogP contribution >= 0.6 is 0 Å². The molecule has 2 aromatic carbocycles. The van der Waals surface area contributed by atoms with Crippen LogP contribution < -0.4 is 5.32 Å². The molecule has 0 atom stereocenters. The molecular formula is C20H20N2O3S. The number of hydrogen-bond donors (Lipinski definition) is 1. The smallest absolute Gasteiger partial charge is 0.257 e. The van der Waals surface area contributed by atoms with Gasteiger partial charge in [-0.3, -0.25) is 9.78 Å². The summed E-state index contributed by atoms with van der Waals surface area (Å²) in [7, 11) is -3.50. The van der Waals surface area contributed by atoms with E-state index in [1.165, 1.54) is 12.1 Å². The van der Waals surface area contributed by atoms with Crippen molar-refractivity contribution in [1.82, 2.24) is 4.98 Å². The lowest BCUT2D eigenvalue weighted by Crippen LogP contribution is -2.18. The predicted molar refractivity (Wildman–Crippen MR) is 103 cm³/mol. The summed E-state index contributed by atoms with van der Waals surface area (Å²) in [6, 6.07) is 15.6. The second kappa shape index (κ2) is 7.25. The summed E-state index contributed by atoms with van der Waals surface area (Å²) < 4.78 is 24.9. The van der Waals surface area contributed by atoms with Crippen molar-refractivity contribution in [2.24, 2.45) is 0 Å². The molecule has 134 valence electrons. The predicted octanol–water partition coefficient (Wildman–Crippen LogP) is 3.98. The Bertz CT molecular complexity index is 1080. The molecule has 5 nitrogen and oxygen atoms in total. The standard InChI is InChI=1S/C20H20N2O3S/c1-3-13-26(24,25)18-10-5-4-8-16(18)20(23)22-17-9-6-7-15-12-11-14(2)21-19(15)17/h4-12H,3,13H2,1-2H3,(H,22,23). The third-order valence-electron chi connectivity index (χ3n) is 4.05. The highest BCUT2D eigenvalue weighted by molar-refractivity contribution is 7.91. The number of carbonyl (C=O) groups excluding carboxylic acids is 1. The summed E-state index contributed by atoms with van der Waals surface area (Å²) in [6.45, 7) is 3.68. The van der Waals surface area contributed by atoms with Gasteiger partial charge in [0.25, 0.3) is 5.91 Å². The van der Waals surface area contributed by atoms with Gasteiger partial charge in [-0.2, -0.15) is 0 Å². The zero-order valence-electron chi connectivity index (χ0n) is 14.7. The fourth-order valence-electron chi connectivity index (χ4n) is 2.84. The Labute approximate surface area is 153 Å². The zero-order valence-corrected chi connectivity index (χ0v) is 15.5. The van der Waals surface area contributed by atoms with E-state index >= 15 is 0 Å². The molecule has 0 unspecified atom stereocenters. The van der Waals surface area contributed by atoms with Crippen molar-refractivity contribution in [3.05, 3.63) is 65.9 Å². The highest BCUT2D eigenvalue weighted by atomic mass is 32.2. The van der Waals surface area contributed by atoms with Gasteiger partial charge in [0.05, 0.1) is 27.4 Å². The Kier molecular flexibility index (Phi) is 5.04. The molecule has 1 N–H and O–H groups in total. The first-order chi connectivity index (χ1) is 12.4. The number of para-hydroxylation sites is 1. The van der Waals surface area contributed by atoms with E-state index in [2.05, 4.69) is 10.3 Å². The number of pyridine rings is 1. The topological polar surface area (TPSA) is 76.1 Å². The molecule has 0 bridgehead atoms. The summed E-state index contributed by atoms with van der Waals surface area (Å²) >= 11 is 0. The second-order valence-electron chi connectivity index (χ2n) is 6.10. The van der Waals surface area contributed by atoms with Gasteiger partial charge < -0.3 is 5.32 Å². The van der Waals surface area contributed by atoms with Gasteiger partial charge in [0.15, 0.2) is 9.84 Å². The molecule has 0 saturated heterocycles. The van der Waals surface area contributed by atoms with E-state index in [1.807, 2.05) is 31.2 Å². The fourth-order valence-corrected chi connectivity index (χ4v) is 4.38. The van der Waals surface area contributed by atoms with Gasteiger partial charge >= 0.3 is 0 Å². The molecule has 6 heteroatoms. The number of nitrogens with one attached hydrogen (secondary N) is 1. The Morgan fingerprint density at radius 1 is 1.04 bits per heavy atom. The van der Waals surface area contributed by atoms with Crippen molar-refractivity contribution in [3.8, 4) is 0 Å². The van der Waals surface area contributed by atoms with Crippen LogP contribution in [0, 0.1) is 6.92 Å². The van der Waals surface area contributed by atoms with Gasteiger partial charge in [0.1, 0.15) is 0 Å². The minimum Gasteiger partial charge on any atom is -0.320 e. The third kappa shape index (κ3) is 3.60. The van der Waals surface area contributed by atoms with Crippen molar-refractivity contribution >= 4 is 32.3 Å². The van der Waals surface area contributed by atoms with E-state index < -0.39 is 15.7 Å². The van der Waals surface area contributed by atoms with Crippen LogP contribution in [0.1, 0.15) is 29.4 Å². The van der Waals surface area contributed by atoms with Crippen molar-refractivity contribution < 1.29 is 13.2 Å². The van der Waals surface area contributed by atoms with Crippen LogP contribution in [0.2, 0.25) is 0 Å². The van der Waals surface area contributed by atoms with Crippen LogP contribution in [-0.4, -0.2) is 25.1 Å². The Balaban J connectivity index is 2.02. The molecule has 0 aliphatic heterocycles. The van der Waals surface area contributed by atoms with Crippen LogP contribution in [0.3, 0.4) is 0 Å². The molecular weight excluding hydrogens is 348 g/mol. The maximum absolute atomic E-state index is 12.8. The first-order valence-electron chi connectivity index (χ1n) is 8.42. The van der Waals surface area contributed by atoms with Crippen molar-refractivity contribution in [2.75, 3.05) is 11.1 Å². The molecule has 0 radical (unpaired) electrons. The third-order valence-corrected chi connectivity index (χ3v) is 6.02. The average Bonchev–Trinajstić information content (AvgIpc) is 2.62. The molecule has 1 aromatic heterocycles. The van der Waals surface area contributed by atoms with Gasteiger partial charge in [-0.15, -0.1) is 0 Å². The highest BCUT2D eigenvalue weighted by Crippen LogP contribution is 2.24. The monoisotopic (exact) mass is 368 g/mol. The summed E-state index contributed by atoms with van der Waals surface area (Å²) in [4.78, 5) is 17.4. The van der Waals surface area contributed by atoms with Gasteiger partial charge in [0, 0.05) is 11.1 Å². The maximum Gasteiger partial charge on any atom is 0.257 e. The van der Waals surface area contributed by atoms with Crippen molar-refractivity contribution in [2.45, 2.75) is 25.2 Å². The lowest BCUT2D eigenvalue weighted by molar-refractivity contribution is 0.102. The minimum absolute atomic E-state index is 0.00626. The van der Waals surface area contributed by atoms with Crippen LogP contribution in [0.5, 0.6) is 0 Å². The zero-order chi connectivity index (χ0) is 18.7. The van der Waals surface area contributed by atoms with Gasteiger partial charge in [-0.05, 0) is 37.6 Å². The average molecular weight is 368 g/mol. The SMILES string of the molecule is CCCS(=O)(=O)c1ccccc1C(=O)Nc1cccc2ccc(C)nc12. The molecule has 1 heterocycles. The number of anilines is 1. The van der Waals surface area contributed by atoms with Crippen molar-refractivity contribution in [3.63, 3.8) is 0 Å². The first kappa shape index (κ1) is 18.1. The van der Waals surface area contributed by atoms with E-state index in [0.29, 0.717) is 17.6 Å². The van der Waals surface area contributed by atoms with E-state index in [-0.39, 0.29) is 16.2 Å². The molecule has 0 spiro atoms. The van der Waals surface area contributed by atoms with Crippen molar-refractivity contribution in [1.29, 1.82) is 0 Å². The maximum atomic E-state index is 12.8. The number of aromatic nitrogens is 1. The number of fused-ring (bicyclic) bond motifs is 1. The van der Waals surface area contributed by atoms with E-state index in [9.17, 15) is 13.2 Å². The molecule has 3 rings (SSSR count). The van der Waals surface area contributed by atoms with Gasteiger partial charge in [-0.25, -0.2) is 8.42 Å². The van der Waals surface area contributed by atoms with Gasteiger partial charge in [-0.1, -0.05) is 37.3 Å². The summed E-state index contributed by atoms with van der Waals surface area (Å²) in [5.41, 5.74) is 2.21. The molecule has 3 aromatic rings. The number of aryl methyl sites for hydroxylation is 1. The van der Waals surface area contributed by atoms with Gasteiger partial charge in [0.2, 0.25) is 0 Å². The fraction of sp³-hybridized carbons (Fsp3) is 0.200. The number of sulfone groups is 1. The number of amides is 1. The lowest BCUT2D eigenvalue weighted by atomic mass is 10.1. The van der Waals surface area contributed by atoms with Crippen LogP contribution in [0.25, 0.3) is 10.9 Å². The molecule has 0 aliphatic carbocycles. The summed E-state index contributed by atoms with van der Waals surface area (Å²) in [5.74, 6) is -0.456. The molecule has 0 fully saturated rings. The van der Waals surface area contributed by atoms with Crippen LogP contribution in [-0.2, 0) is 9.84 Å². The molecule has 0 aliphatic rings. The van der Waals surface area contributed by atoms with Crippen LogP contribution in [0.15, 0.2) is 59.5 Å². The quantitative estimate of drug-likeness (QED) is 0.739.